The molecule has 7 nitrogen and oxygen atoms in total. The molecule has 184 valence electrons. The molecule has 1 aliphatic heterocycles. The quantitative estimate of drug-likeness (QED) is 0.418. The zero-order valence-electron chi connectivity index (χ0n) is 20.1. The zero-order valence-corrected chi connectivity index (χ0v) is 20.9. The molecule has 0 spiro atoms. The predicted molar refractivity (Wildman–Crippen MR) is 140 cm³/mol. The summed E-state index contributed by atoms with van der Waals surface area (Å²) in [5, 5.41) is 17.2. The number of benzene rings is 1. The second-order valence-electron chi connectivity index (χ2n) is 9.83. The fourth-order valence-electron chi connectivity index (χ4n) is 4.95. The molecule has 1 aromatic heterocycles. The molecule has 5 rings (SSSR count). The number of anilines is 1. The molecule has 1 N–H and O–H groups in total. The Hall–Kier alpha value is -2.89. The second kappa shape index (κ2) is 10.4. The van der Waals surface area contributed by atoms with E-state index in [1.807, 2.05) is 34.6 Å². The highest BCUT2D eigenvalue weighted by Crippen LogP contribution is 2.43. The number of piperidine rings is 1. The molecule has 2 heterocycles. The molecule has 3 aliphatic rings. The lowest BCUT2D eigenvalue weighted by molar-refractivity contribution is 0.0410. The van der Waals surface area contributed by atoms with Crippen LogP contribution in [0.15, 0.2) is 52.6 Å². The van der Waals surface area contributed by atoms with Gasteiger partial charge in [-0.3, -0.25) is 0 Å². The fourth-order valence-corrected chi connectivity index (χ4v) is 6.52. The van der Waals surface area contributed by atoms with Gasteiger partial charge in [-0.25, -0.2) is 13.5 Å². The van der Waals surface area contributed by atoms with Gasteiger partial charge in [-0.05, 0) is 61.4 Å². The van der Waals surface area contributed by atoms with Gasteiger partial charge in [0.2, 0.25) is 0 Å². The first kappa shape index (κ1) is 23.8. The minimum absolute atomic E-state index is 0.117. The lowest BCUT2D eigenvalue weighted by Crippen LogP contribution is -2.38. The molecule has 2 unspecified atom stereocenters. The van der Waals surface area contributed by atoms with Gasteiger partial charge < -0.3 is 10.2 Å². The summed E-state index contributed by atoms with van der Waals surface area (Å²) in [6.45, 7) is 1.23. The average Bonchev–Trinajstić information content (AvgIpc) is 3.60. The van der Waals surface area contributed by atoms with E-state index in [9.17, 15) is 9.47 Å². The molecule has 2 atom stereocenters. The summed E-state index contributed by atoms with van der Waals surface area (Å²) in [7, 11) is -2.60. The highest BCUT2D eigenvalue weighted by molar-refractivity contribution is 7.98. The van der Waals surface area contributed by atoms with Crippen molar-refractivity contribution in [3.05, 3.63) is 53.7 Å². The van der Waals surface area contributed by atoms with E-state index in [2.05, 4.69) is 27.4 Å². The largest absolute Gasteiger partial charge is 0.387 e. The van der Waals surface area contributed by atoms with Gasteiger partial charge in [-0.15, -0.1) is 0 Å². The van der Waals surface area contributed by atoms with Crippen LogP contribution in [0.1, 0.15) is 68.6 Å². The smallest absolute Gasteiger partial charge is 0.155 e. The van der Waals surface area contributed by atoms with E-state index in [0.717, 1.165) is 29.9 Å². The molecule has 1 aromatic carbocycles. The van der Waals surface area contributed by atoms with Crippen LogP contribution in [0.3, 0.4) is 0 Å². The zero-order chi connectivity index (χ0) is 24.3. The minimum Gasteiger partial charge on any atom is -0.387 e. The SMILES string of the molecule is C=S(=O)(c1ccc(NC2CCCC2)nc1)N1CCC(=NOC(c2cccc(C#N)c2)C2CC2)CC1. The Balaban J connectivity index is 1.18. The number of rotatable bonds is 8. The third-order valence-electron chi connectivity index (χ3n) is 7.22. The monoisotopic (exact) mass is 491 g/mol. The van der Waals surface area contributed by atoms with Crippen LogP contribution in [-0.2, 0) is 14.5 Å². The van der Waals surface area contributed by atoms with Crippen LogP contribution < -0.4 is 5.32 Å². The van der Waals surface area contributed by atoms with E-state index >= 15 is 0 Å². The van der Waals surface area contributed by atoms with Crippen molar-refractivity contribution in [1.29, 1.82) is 5.26 Å². The van der Waals surface area contributed by atoms with Crippen molar-refractivity contribution in [2.45, 2.75) is 68.4 Å². The van der Waals surface area contributed by atoms with Crippen LogP contribution in [-0.4, -0.2) is 44.2 Å². The molecule has 0 amide bonds. The first-order valence-corrected chi connectivity index (χ1v) is 14.3. The first-order chi connectivity index (χ1) is 17.0. The minimum atomic E-state index is -2.60. The maximum atomic E-state index is 13.6. The summed E-state index contributed by atoms with van der Waals surface area (Å²) in [5.41, 5.74) is 2.63. The van der Waals surface area contributed by atoms with Crippen LogP contribution in [0.25, 0.3) is 0 Å². The number of nitriles is 1. The Kier molecular flexibility index (Phi) is 7.07. The molecule has 3 fully saturated rings. The van der Waals surface area contributed by atoms with Crippen LogP contribution in [0.5, 0.6) is 0 Å². The topological polar surface area (TPSA) is 90.6 Å². The summed E-state index contributed by atoms with van der Waals surface area (Å²) in [6.07, 6.45) is 10.1. The van der Waals surface area contributed by atoms with Crippen LogP contribution in [0.4, 0.5) is 5.82 Å². The fraction of sp³-hybridized carbons (Fsp3) is 0.481. The lowest BCUT2D eigenvalue weighted by Gasteiger charge is -2.30. The standard InChI is InChI=1S/C27H33N5O2S/c1-35(33,25-11-12-26(29-19-25)30-23-7-2-3-8-23)32-15-13-24(14-16-32)31-34-27(21-9-10-21)22-6-4-5-20(17-22)18-28/h4-6,11-12,17,19,21,23,27H,1-3,7-10,13-16H2,(H,29,30). The summed E-state index contributed by atoms with van der Waals surface area (Å²) >= 11 is 0. The average molecular weight is 492 g/mol. The van der Waals surface area contributed by atoms with Gasteiger partial charge in [0.05, 0.1) is 31.9 Å². The third kappa shape index (κ3) is 5.68. The summed E-state index contributed by atoms with van der Waals surface area (Å²) in [5.74, 6) is 5.37. The summed E-state index contributed by atoms with van der Waals surface area (Å²) in [4.78, 5) is 11.2. The molecule has 0 bridgehead atoms. The lowest BCUT2D eigenvalue weighted by atomic mass is 10.0. The Morgan fingerprint density at radius 1 is 1.17 bits per heavy atom. The van der Waals surface area contributed by atoms with E-state index in [1.54, 1.807) is 12.3 Å². The number of nitrogens with one attached hydrogen (secondary N) is 1. The second-order valence-corrected chi connectivity index (χ2v) is 12.1. The van der Waals surface area contributed by atoms with Crippen molar-refractivity contribution in [2.24, 2.45) is 11.1 Å². The van der Waals surface area contributed by atoms with Crippen molar-refractivity contribution in [2.75, 3.05) is 18.4 Å². The molecule has 2 saturated carbocycles. The number of nitrogens with zero attached hydrogens (tertiary/aromatic N) is 4. The molecule has 1 saturated heterocycles. The number of hydrogen-bond donors (Lipinski definition) is 1. The molecule has 2 aromatic rings. The third-order valence-corrected chi connectivity index (χ3v) is 9.40. The number of hydrogen-bond acceptors (Lipinski definition) is 6. The summed E-state index contributed by atoms with van der Waals surface area (Å²) in [6, 6.07) is 14.1. The maximum Gasteiger partial charge on any atom is 0.155 e. The van der Waals surface area contributed by atoms with Gasteiger partial charge in [0.1, 0.15) is 5.82 Å². The van der Waals surface area contributed by atoms with Gasteiger partial charge in [0, 0.05) is 44.1 Å². The Morgan fingerprint density at radius 3 is 2.60 bits per heavy atom. The predicted octanol–water partition coefficient (Wildman–Crippen LogP) is 4.92. The van der Waals surface area contributed by atoms with Gasteiger partial charge in [-0.1, -0.05) is 30.1 Å². The molecule has 8 heteroatoms. The van der Waals surface area contributed by atoms with Crippen molar-refractivity contribution in [3.63, 3.8) is 0 Å². The Morgan fingerprint density at radius 2 is 1.94 bits per heavy atom. The van der Waals surface area contributed by atoms with Gasteiger partial charge in [-0.2, -0.15) is 5.26 Å². The number of aromatic nitrogens is 1. The van der Waals surface area contributed by atoms with Crippen LogP contribution in [0, 0.1) is 17.2 Å². The van der Waals surface area contributed by atoms with Crippen LogP contribution >= 0.6 is 0 Å². The summed E-state index contributed by atoms with van der Waals surface area (Å²) < 4.78 is 15.5. The van der Waals surface area contributed by atoms with Crippen LogP contribution in [0.2, 0.25) is 0 Å². The Bertz CT molecular complexity index is 1200. The van der Waals surface area contributed by atoms with Gasteiger partial charge >= 0.3 is 0 Å². The van der Waals surface area contributed by atoms with E-state index in [4.69, 9.17) is 4.84 Å². The van der Waals surface area contributed by atoms with Crippen molar-refractivity contribution < 1.29 is 9.05 Å². The molecule has 35 heavy (non-hydrogen) atoms. The van der Waals surface area contributed by atoms with Crippen molar-refractivity contribution >= 4 is 27.1 Å². The highest BCUT2D eigenvalue weighted by atomic mass is 32.2. The van der Waals surface area contributed by atoms with Gasteiger partial charge in [0.25, 0.3) is 0 Å². The molecular formula is C27H33N5O2S. The van der Waals surface area contributed by atoms with E-state index in [1.165, 1.54) is 25.7 Å². The highest BCUT2D eigenvalue weighted by Gasteiger charge is 2.35. The first-order valence-electron chi connectivity index (χ1n) is 12.6. The van der Waals surface area contributed by atoms with E-state index in [0.29, 0.717) is 48.3 Å². The maximum absolute atomic E-state index is 13.6. The molecule has 2 aliphatic carbocycles. The Labute approximate surface area is 208 Å². The molecular weight excluding hydrogens is 458 g/mol. The van der Waals surface area contributed by atoms with E-state index < -0.39 is 9.71 Å². The van der Waals surface area contributed by atoms with Crippen molar-refractivity contribution in [3.8, 4) is 6.07 Å². The normalized spacial score (nSPS) is 21.6. The molecule has 0 radical (unpaired) electrons. The van der Waals surface area contributed by atoms with Crippen molar-refractivity contribution in [1.82, 2.24) is 9.29 Å². The number of oxime groups is 1. The van der Waals surface area contributed by atoms with Gasteiger partial charge in [0.15, 0.2) is 6.10 Å². The van der Waals surface area contributed by atoms with E-state index in [-0.39, 0.29) is 6.10 Å². The number of pyridine rings is 1.